The van der Waals surface area contributed by atoms with Gasteiger partial charge in [-0.1, -0.05) is 35.5 Å². The number of benzene rings is 1. The lowest BCUT2D eigenvalue weighted by atomic mass is 10.2. The summed E-state index contributed by atoms with van der Waals surface area (Å²) >= 11 is 1.56. The van der Waals surface area contributed by atoms with E-state index in [1.807, 2.05) is 30.3 Å². The maximum absolute atomic E-state index is 5.64. The number of hydrogen-bond acceptors (Lipinski definition) is 6. The predicted molar refractivity (Wildman–Crippen MR) is 78.8 cm³/mol. The van der Waals surface area contributed by atoms with Crippen LogP contribution in [0.2, 0.25) is 0 Å². The molecule has 0 aliphatic carbocycles. The maximum Gasteiger partial charge on any atom is 0.269 e. The monoisotopic (exact) mass is 299 g/mol. The molecule has 2 aromatic heterocycles. The summed E-state index contributed by atoms with van der Waals surface area (Å²) in [5.41, 5.74) is 0.941. The van der Waals surface area contributed by atoms with Gasteiger partial charge >= 0.3 is 0 Å². The normalized spacial score (nSPS) is 18.2. The van der Waals surface area contributed by atoms with Gasteiger partial charge in [0.2, 0.25) is 5.82 Å². The summed E-state index contributed by atoms with van der Waals surface area (Å²) in [5.74, 6) is 1.10. The van der Waals surface area contributed by atoms with Gasteiger partial charge in [0.05, 0.1) is 6.20 Å². The Kier molecular flexibility index (Phi) is 3.25. The summed E-state index contributed by atoms with van der Waals surface area (Å²) in [7, 11) is 0. The molecule has 0 spiro atoms. The van der Waals surface area contributed by atoms with E-state index in [-0.39, 0.29) is 6.10 Å². The second-order valence-corrected chi connectivity index (χ2v) is 5.92. The zero-order valence-electron chi connectivity index (χ0n) is 11.2. The molecule has 0 radical (unpaired) electrons. The lowest BCUT2D eigenvalue weighted by molar-refractivity contribution is 0.111. The third kappa shape index (κ3) is 2.48. The fourth-order valence-corrected chi connectivity index (χ4v) is 3.26. The van der Waals surface area contributed by atoms with Gasteiger partial charge in [-0.25, -0.2) is 4.98 Å². The first kappa shape index (κ1) is 12.7. The van der Waals surface area contributed by atoms with Crippen LogP contribution in [0.15, 0.2) is 41.1 Å². The Balaban J connectivity index is 1.61. The molecule has 3 heterocycles. The van der Waals surface area contributed by atoms with Crippen molar-refractivity contribution in [2.24, 2.45) is 0 Å². The summed E-state index contributed by atoms with van der Waals surface area (Å²) in [6.45, 7) is 0.818. The van der Waals surface area contributed by atoms with E-state index in [1.54, 1.807) is 17.5 Å². The molecule has 1 saturated heterocycles. The van der Waals surface area contributed by atoms with E-state index in [0.29, 0.717) is 11.7 Å². The van der Waals surface area contributed by atoms with Crippen LogP contribution in [0, 0.1) is 0 Å². The van der Waals surface area contributed by atoms with Gasteiger partial charge in [-0.3, -0.25) is 0 Å². The molecule has 0 N–H and O–H groups in total. The van der Waals surface area contributed by atoms with Gasteiger partial charge in [0.15, 0.2) is 0 Å². The van der Waals surface area contributed by atoms with Gasteiger partial charge in [-0.2, -0.15) is 4.98 Å². The van der Waals surface area contributed by atoms with Crippen LogP contribution >= 0.6 is 11.3 Å². The van der Waals surface area contributed by atoms with Crippen LogP contribution in [0.3, 0.4) is 0 Å². The summed E-state index contributed by atoms with van der Waals surface area (Å²) in [5, 5.41) is 5.02. The minimum Gasteiger partial charge on any atom is -0.371 e. The summed E-state index contributed by atoms with van der Waals surface area (Å²) in [4.78, 5) is 9.75. The molecule has 1 atom stereocenters. The fourth-order valence-electron chi connectivity index (χ4n) is 2.34. The smallest absolute Gasteiger partial charge is 0.269 e. The highest BCUT2D eigenvalue weighted by Crippen LogP contribution is 2.35. The highest BCUT2D eigenvalue weighted by atomic mass is 32.1. The van der Waals surface area contributed by atoms with Crippen LogP contribution in [-0.4, -0.2) is 21.7 Å². The first-order valence-electron chi connectivity index (χ1n) is 6.87. The molecule has 0 amide bonds. The van der Waals surface area contributed by atoms with E-state index in [1.165, 1.54) is 0 Å². The number of thiazole rings is 1. The van der Waals surface area contributed by atoms with Gasteiger partial charge in [-0.15, -0.1) is 11.3 Å². The van der Waals surface area contributed by atoms with Crippen molar-refractivity contribution in [3.05, 3.63) is 41.5 Å². The van der Waals surface area contributed by atoms with Crippen molar-refractivity contribution in [1.29, 1.82) is 0 Å². The van der Waals surface area contributed by atoms with Gasteiger partial charge in [0.1, 0.15) is 16.0 Å². The van der Waals surface area contributed by atoms with E-state index in [2.05, 4.69) is 15.1 Å². The van der Waals surface area contributed by atoms with Crippen molar-refractivity contribution in [3.63, 3.8) is 0 Å². The predicted octanol–water partition coefficient (Wildman–Crippen LogP) is 3.71. The molecule has 6 heteroatoms. The van der Waals surface area contributed by atoms with Crippen molar-refractivity contribution < 1.29 is 9.26 Å². The van der Waals surface area contributed by atoms with Crippen molar-refractivity contribution in [1.82, 2.24) is 15.1 Å². The number of hydrogen-bond donors (Lipinski definition) is 0. The van der Waals surface area contributed by atoms with E-state index >= 15 is 0 Å². The van der Waals surface area contributed by atoms with Crippen LogP contribution in [-0.2, 0) is 4.74 Å². The standard InChI is InChI=1S/C15H13N3O2S/c1-2-5-10(6-3-1)13-17-14(20-18-13)12-9-16-15(21-12)11-7-4-8-19-11/h1-3,5-6,9,11H,4,7-8H2. The van der Waals surface area contributed by atoms with Gasteiger partial charge in [0.25, 0.3) is 5.89 Å². The molecule has 0 saturated carbocycles. The largest absolute Gasteiger partial charge is 0.371 e. The fraction of sp³-hybridized carbons (Fsp3) is 0.267. The SMILES string of the molecule is c1ccc(-c2noc(-c3cnc(C4CCCO4)s3)n2)cc1. The van der Waals surface area contributed by atoms with Gasteiger partial charge in [0, 0.05) is 12.2 Å². The maximum atomic E-state index is 5.64. The summed E-state index contributed by atoms with van der Waals surface area (Å²) < 4.78 is 11.0. The van der Waals surface area contributed by atoms with E-state index < -0.39 is 0 Å². The lowest BCUT2D eigenvalue weighted by Crippen LogP contribution is -1.93. The average molecular weight is 299 g/mol. The third-order valence-electron chi connectivity index (χ3n) is 3.40. The second kappa shape index (κ2) is 5.38. The summed E-state index contributed by atoms with van der Waals surface area (Å²) in [6, 6.07) is 9.78. The lowest BCUT2D eigenvalue weighted by Gasteiger charge is -2.02. The van der Waals surface area contributed by atoms with E-state index in [9.17, 15) is 0 Å². The highest BCUT2D eigenvalue weighted by molar-refractivity contribution is 7.15. The number of ether oxygens (including phenoxy) is 1. The molecular formula is C15H13N3O2S. The number of aromatic nitrogens is 3. The Hall–Kier alpha value is -2.05. The molecule has 1 fully saturated rings. The van der Waals surface area contributed by atoms with Crippen LogP contribution in [0.1, 0.15) is 24.0 Å². The average Bonchev–Trinajstić information content (AvgIpc) is 3.27. The van der Waals surface area contributed by atoms with Crippen molar-refractivity contribution in [3.8, 4) is 22.2 Å². The van der Waals surface area contributed by atoms with Gasteiger partial charge < -0.3 is 9.26 Å². The molecule has 0 bridgehead atoms. The zero-order chi connectivity index (χ0) is 14.1. The van der Waals surface area contributed by atoms with Gasteiger partial charge in [-0.05, 0) is 12.8 Å². The molecule has 3 aromatic rings. The van der Waals surface area contributed by atoms with Crippen molar-refractivity contribution >= 4 is 11.3 Å². The molecule has 1 aliphatic heterocycles. The van der Waals surface area contributed by atoms with Crippen LogP contribution in [0.25, 0.3) is 22.2 Å². The minimum absolute atomic E-state index is 0.125. The number of rotatable bonds is 3. The van der Waals surface area contributed by atoms with Crippen LogP contribution in [0.4, 0.5) is 0 Å². The molecule has 106 valence electrons. The molecule has 21 heavy (non-hydrogen) atoms. The molecule has 1 aliphatic rings. The number of nitrogens with zero attached hydrogens (tertiary/aromatic N) is 3. The Labute approximate surface area is 125 Å². The molecule has 1 unspecified atom stereocenters. The summed E-state index contributed by atoms with van der Waals surface area (Å²) in [6.07, 6.45) is 4.04. The van der Waals surface area contributed by atoms with Crippen LogP contribution in [0.5, 0.6) is 0 Å². The first-order chi connectivity index (χ1) is 10.4. The molecule has 5 nitrogen and oxygen atoms in total. The third-order valence-corrected chi connectivity index (χ3v) is 4.47. The Bertz CT molecular complexity index is 732. The molecule has 1 aromatic carbocycles. The topological polar surface area (TPSA) is 61.0 Å². The van der Waals surface area contributed by atoms with E-state index in [4.69, 9.17) is 9.26 Å². The Morgan fingerprint density at radius 3 is 2.90 bits per heavy atom. The Morgan fingerprint density at radius 1 is 1.19 bits per heavy atom. The molecule has 4 rings (SSSR count). The minimum atomic E-state index is 0.125. The van der Waals surface area contributed by atoms with Crippen molar-refractivity contribution in [2.45, 2.75) is 18.9 Å². The second-order valence-electron chi connectivity index (χ2n) is 4.85. The van der Waals surface area contributed by atoms with Crippen LogP contribution < -0.4 is 0 Å². The zero-order valence-corrected chi connectivity index (χ0v) is 12.0. The van der Waals surface area contributed by atoms with Crippen molar-refractivity contribution in [2.75, 3.05) is 6.61 Å². The highest BCUT2D eigenvalue weighted by Gasteiger charge is 2.22. The Morgan fingerprint density at radius 2 is 2.10 bits per heavy atom. The van der Waals surface area contributed by atoms with E-state index in [0.717, 1.165) is 34.9 Å². The quantitative estimate of drug-likeness (QED) is 0.737. The first-order valence-corrected chi connectivity index (χ1v) is 7.68. The molecular weight excluding hydrogens is 286 g/mol.